The summed E-state index contributed by atoms with van der Waals surface area (Å²) in [6.07, 6.45) is -0.0172. The van der Waals surface area contributed by atoms with Crippen LogP contribution in [0.25, 0.3) is 0 Å². The topological polar surface area (TPSA) is 18.5 Å². The van der Waals surface area contributed by atoms with Gasteiger partial charge in [0, 0.05) is 6.61 Å². The van der Waals surface area contributed by atoms with Crippen LogP contribution in [-0.4, -0.2) is 13.2 Å². The summed E-state index contributed by atoms with van der Waals surface area (Å²) in [7, 11) is 0. The number of ether oxygens (including phenoxy) is 2. The quantitative estimate of drug-likeness (QED) is 0.766. The summed E-state index contributed by atoms with van der Waals surface area (Å²) in [6, 6.07) is 20.0. The highest BCUT2D eigenvalue weighted by Gasteiger charge is 2.11. The average molecular weight is 242 g/mol. The number of hydrogen-bond acceptors (Lipinski definition) is 2. The van der Waals surface area contributed by atoms with Gasteiger partial charge in [-0.2, -0.15) is 0 Å². The third kappa shape index (κ3) is 3.60. The fourth-order valence-electron chi connectivity index (χ4n) is 1.80. The highest BCUT2D eigenvalue weighted by atomic mass is 16.5. The lowest BCUT2D eigenvalue weighted by Gasteiger charge is -2.18. The molecule has 0 saturated heterocycles. The van der Waals surface area contributed by atoms with E-state index >= 15 is 0 Å². The minimum absolute atomic E-state index is 0.0172. The summed E-state index contributed by atoms with van der Waals surface area (Å²) in [5.74, 6) is 0.873. The predicted octanol–water partition coefficient (Wildman–Crippen LogP) is 3.84. The van der Waals surface area contributed by atoms with Crippen molar-refractivity contribution in [3.8, 4) is 5.75 Å². The van der Waals surface area contributed by atoms with E-state index in [2.05, 4.69) is 12.1 Å². The molecule has 0 fully saturated rings. The van der Waals surface area contributed by atoms with Crippen molar-refractivity contribution in [2.45, 2.75) is 13.0 Å². The predicted molar refractivity (Wildman–Crippen MR) is 72.7 cm³/mol. The average Bonchev–Trinajstić information content (AvgIpc) is 2.45. The Kier molecular flexibility index (Phi) is 4.79. The molecule has 0 bridgehead atoms. The normalized spacial score (nSPS) is 12.1. The standard InChI is InChI=1S/C16H18O2/c1-2-17-16(14-9-5-3-6-10-14)13-18-15-11-7-4-8-12-15/h3-12,16H,2,13H2,1H3. The van der Waals surface area contributed by atoms with Crippen LogP contribution in [-0.2, 0) is 4.74 Å². The molecule has 0 spiro atoms. The Bertz CT molecular complexity index is 439. The summed E-state index contributed by atoms with van der Waals surface area (Å²) >= 11 is 0. The second-order valence-corrected chi connectivity index (χ2v) is 3.98. The van der Waals surface area contributed by atoms with Crippen LogP contribution in [0.1, 0.15) is 18.6 Å². The highest BCUT2D eigenvalue weighted by Crippen LogP contribution is 2.19. The van der Waals surface area contributed by atoms with Crippen LogP contribution in [0.3, 0.4) is 0 Å². The molecular formula is C16H18O2. The van der Waals surface area contributed by atoms with Crippen LogP contribution in [0, 0.1) is 0 Å². The van der Waals surface area contributed by atoms with Gasteiger partial charge >= 0.3 is 0 Å². The largest absolute Gasteiger partial charge is 0.491 e. The Labute approximate surface area is 108 Å². The molecule has 2 heteroatoms. The molecule has 18 heavy (non-hydrogen) atoms. The molecule has 2 nitrogen and oxygen atoms in total. The zero-order valence-electron chi connectivity index (χ0n) is 10.6. The number of para-hydroxylation sites is 1. The first-order chi connectivity index (χ1) is 8.90. The molecule has 1 atom stereocenters. The first-order valence-electron chi connectivity index (χ1n) is 6.24. The summed E-state index contributed by atoms with van der Waals surface area (Å²) in [6.45, 7) is 3.21. The molecule has 2 rings (SSSR count). The van der Waals surface area contributed by atoms with Crippen molar-refractivity contribution in [3.05, 3.63) is 66.2 Å². The van der Waals surface area contributed by atoms with E-state index in [0.717, 1.165) is 11.3 Å². The lowest BCUT2D eigenvalue weighted by atomic mass is 10.1. The van der Waals surface area contributed by atoms with E-state index in [1.54, 1.807) is 0 Å². The minimum atomic E-state index is -0.0172. The number of rotatable bonds is 6. The fraction of sp³-hybridized carbons (Fsp3) is 0.250. The maximum Gasteiger partial charge on any atom is 0.119 e. The molecule has 0 aromatic heterocycles. The van der Waals surface area contributed by atoms with Crippen molar-refractivity contribution in [2.75, 3.05) is 13.2 Å². The highest BCUT2D eigenvalue weighted by molar-refractivity contribution is 5.22. The molecular weight excluding hydrogens is 224 g/mol. The van der Waals surface area contributed by atoms with E-state index in [-0.39, 0.29) is 6.10 Å². The Hall–Kier alpha value is -1.80. The van der Waals surface area contributed by atoms with Crippen LogP contribution in [0.4, 0.5) is 0 Å². The van der Waals surface area contributed by atoms with Gasteiger partial charge in [-0.3, -0.25) is 0 Å². The lowest BCUT2D eigenvalue weighted by Crippen LogP contribution is -2.13. The maximum atomic E-state index is 5.75. The summed E-state index contributed by atoms with van der Waals surface area (Å²) in [5, 5.41) is 0. The van der Waals surface area contributed by atoms with Crippen LogP contribution in [0.5, 0.6) is 5.75 Å². The molecule has 0 saturated carbocycles. The van der Waals surface area contributed by atoms with Crippen LogP contribution < -0.4 is 4.74 Å². The van der Waals surface area contributed by atoms with Crippen molar-refractivity contribution in [2.24, 2.45) is 0 Å². The van der Waals surface area contributed by atoms with Gasteiger partial charge in [0.15, 0.2) is 0 Å². The van der Waals surface area contributed by atoms with Crippen molar-refractivity contribution in [1.29, 1.82) is 0 Å². The molecule has 0 aliphatic carbocycles. The second kappa shape index (κ2) is 6.82. The zero-order valence-corrected chi connectivity index (χ0v) is 10.6. The van der Waals surface area contributed by atoms with E-state index in [1.807, 2.05) is 55.5 Å². The molecule has 0 aliphatic rings. The molecule has 0 N–H and O–H groups in total. The van der Waals surface area contributed by atoms with Crippen molar-refractivity contribution in [1.82, 2.24) is 0 Å². The molecule has 2 aromatic carbocycles. The van der Waals surface area contributed by atoms with Gasteiger partial charge in [-0.05, 0) is 24.6 Å². The molecule has 0 radical (unpaired) electrons. The van der Waals surface area contributed by atoms with E-state index in [0.29, 0.717) is 13.2 Å². The van der Waals surface area contributed by atoms with E-state index in [9.17, 15) is 0 Å². The third-order valence-corrected chi connectivity index (χ3v) is 2.68. The van der Waals surface area contributed by atoms with Gasteiger partial charge in [0.25, 0.3) is 0 Å². The van der Waals surface area contributed by atoms with Gasteiger partial charge in [-0.25, -0.2) is 0 Å². The summed E-state index contributed by atoms with van der Waals surface area (Å²) in [4.78, 5) is 0. The van der Waals surface area contributed by atoms with Crippen LogP contribution in [0.15, 0.2) is 60.7 Å². The van der Waals surface area contributed by atoms with Crippen molar-refractivity contribution >= 4 is 0 Å². The maximum absolute atomic E-state index is 5.75. The Morgan fingerprint density at radius 3 is 2.11 bits per heavy atom. The van der Waals surface area contributed by atoms with E-state index in [1.165, 1.54) is 0 Å². The monoisotopic (exact) mass is 242 g/mol. The van der Waals surface area contributed by atoms with E-state index in [4.69, 9.17) is 9.47 Å². The third-order valence-electron chi connectivity index (χ3n) is 2.68. The Balaban J connectivity index is 1.99. The Morgan fingerprint density at radius 2 is 1.50 bits per heavy atom. The molecule has 0 heterocycles. The first-order valence-corrected chi connectivity index (χ1v) is 6.24. The molecule has 1 unspecified atom stereocenters. The SMILES string of the molecule is CCOC(COc1ccccc1)c1ccccc1. The molecule has 0 aliphatic heterocycles. The smallest absolute Gasteiger partial charge is 0.119 e. The second-order valence-electron chi connectivity index (χ2n) is 3.98. The van der Waals surface area contributed by atoms with Crippen molar-refractivity contribution < 1.29 is 9.47 Å². The van der Waals surface area contributed by atoms with Crippen LogP contribution >= 0.6 is 0 Å². The number of benzene rings is 2. The van der Waals surface area contributed by atoms with Crippen LogP contribution in [0.2, 0.25) is 0 Å². The van der Waals surface area contributed by atoms with Gasteiger partial charge < -0.3 is 9.47 Å². The van der Waals surface area contributed by atoms with Crippen molar-refractivity contribution in [3.63, 3.8) is 0 Å². The van der Waals surface area contributed by atoms with Gasteiger partial charge in [-0.15, -0.1) is 0 Å². The summed E-state index contributed by atoms with van der Waals surface area (Å²) < 4.78 is 11.5. The first kappa shape index (κ1) is 12.7. The van der Waals surface area contributed by atoms with Gasteiger partial charge in [0.1, 0.15) is 18.5 Å². The van der Waals surface area contributed by atoms with Gasteiger partial charge in [-0.1, -0.05) is 48.5 Å². The molecule has 0 amide bonds. The molecule has 94 valence electrons. The zero-order chi connectivity index (χ0) is 12.6. The lowest BCUT2D eigenvalue weighted by molar-refractivity contribution is 0.0266. The molecule has 2 aromatic rings. The Morgan fingerprint density at radius 1 is 0.889 bits per heavy atom. The fourth-order valence-corrected chi connectivity index (χ4v) is 1.80. The summed E-state index contributed by atoms with van der Waals surface area (Å²) in [5.41, 5.74) is 1.15. The minimum Gasteiger partial charge on any atom is -0.491 e. The van der Waals surface area contributed by atoms with Gasteiger partial charge in [0.2, 0.25) is 0 Å². The van der Waals surface area contributed by atoms with Gasteiger partial charge in [0.05, 0.1) is 0 Å². The number of hydrogen-bond donors (Lipinski definition) is 0. The van der Waals surface area contributed by atoms with E-state index < -0.39 is 0 Å².